The van der Waals surface area contributed by atoms with Gasteiger partial charge in [0.25, 0.3) is 0 Å². The molecule has 0 spiro atoms. The van der Waals surface area contributed by atoms with Gasteiger partial charge in [-0.2, -0.15) is 5.21 Å². The molecule has 0 unspecified atom stereocenters. The van der Waals surface area contributed by atoms with Crippen LogP contribution < -0.4 is 5.32 Å². The van der Waals surface area contributed by atoms with Crippen molar-refractivity contribution in [2.45, 2.75) is 6.54 Å². The molecule has 0 saturated heterocycles. The molecule has 18 heavy (non-hydrogen) atoms. The number of rotatable bonds is 3. The number of H-pyrrole nitrogens is 1. The first-order valence-electron chi connectivity index (χ1n) is 4.50. The highest BCUT2D eigenvalue weighted by Crippen LogP contribution is 2.27. The van der Waals surface area contributed by atoms with Crippen LogP contribution in [0.2, 0.25) is 0 Å². The molecule has 0 saturated carbocycles. The van der Waals surface area contributed by atoms with Crippen molar-refractivity contribution in [1.29, 1.82) is 0 Å². The zero-order valence-electron chi connectivity index (χ0n) is 8.44. The summed E-state index contributed by atoms with van der Waals surface area (Å²) >= 11 is 0. The van der Waals surface area contributed by atoms with Gasteiger partial charge in [-0.15, -0.1) is 10.2 Å². The van der Waals surface area contributed by atoms with Crippen LogP contribution in [0.25, 0.3) is 0 Å². The number of nitrogens with zero attached hydrogens (tertiary/aromatic N) is 3. The van der Waals surface area contributed by atoms with Crippen LogP contribution in [-0.2, 0) is 6.54 Å². The predicted molar refractivity (Wildman–Crippen MR) is 47.7 cm³/mol. The van der Waals surface area contributed by atoms with Crippen LogP contribution in [0.4, 0.5) is 27.6 Å². The SMILES string of the molecule is Fc1c(F)c(F)c(NCc2nn[nH]n2)c(F)c1F. The third-order valence-corrected chi connectivity index (χ3v) is 2.02. The molecule has 2 N–H and O–H groups in total. The van der Waals surface area contributed by atoms with Gasteiger partial charge in [-0.1, -0.05) is 5.21 Å². The first-order valence-corrected chi connectivity index (χ1v) is 4.50. The van der Waals surface area contributed by atoms with Gasteiger partial charge < -0.3 is 5.32 Å². The number of anilines is 1. The van der Waals surface area contributed by atoms with Gasteiger partial charge in [-0.25, -0.2) is 22.0 Å². The minimum atomic E-state index is -2.21. The molecule has 0 amide bonds. The fraction of sp³-hybridized carbons (Fsp3) is 0.125. The van der Waals surface area contributed by atoms with Crippen molar-refractivity contribution in [1.82, 2.24) is 20.6 Å². The summed E-state index contributed by atoms with van der Waals surface area (Å²) in [7, 11) is 0. The lowest BCUT2D eigenvalue weighted by molar-refractivity contribution is 0.381. The number of benzene rings is 1. The summed E-state index contributed by atoms with van der Waals surface area (Å²) in [6, 6.07) is 0. The maximum atomic E-state index is 13.2. The van der Waals surface area contributed by atoms with Crippen molar-refractivity contribution in [3.8, 4) is 0 Å². The molecule has 0 aliphatic rings. The number of hydrogen-bond donors (Lipinski definition) is 2. The average Bonchev–Trinajstić information content (AvgIpc) is 2.87. The number of aromatic amines is 1. The highest BCUT2D eigenvalue weighted by Gasteiger charge is 2.25. The van der Waals surface area contributed by atoms with E-state index in [4.69, 9.17) is 0 Å². The summed E-state index contributed by atoms with van der Waals surface area (Å²) in [5.74, 6) is -10.2. The second-order valence-corrected chi connectivity index (χ2v) is 3.13. The monoisotopic (exact) mass is 265 g/mol. The standard InChI is InChI=1S/C8H4F5N5/c9-3-4(10)6(12)8(7(13)5(3)11)14-1-2-15-17-18-16-2/h14H,1H2,(H,15,16,17,18). The molecule has 0 aliphatic heterocycles. The average molecular weight is 265 g/mol. The molecule has 0 atom stereocenters. The zero-order valence-corrected chi connectivity index (χ0v) is 8.44. The van der Waals surface area contributed by atoms with Crippen molar-refractivity contribution in [2.75, 3.05) is 5.32 Å². The van der Waals surface area contributed by atoms with Gasteiger partial charge in [0.1, 0.15) is 5.69 Å². The van der Waals surface area contributed by atoms with Crippen LogP contribution >= 0.6 is 0 Å². The van der Waals surface area contributed by atoms with E-state index in [-0.39, 0.29) is 12.4 Å². The van der Waals surface area contributed by atoms with Crippen molar-refractivity contribution in [3.05, 3.63) is 34.9 Å². The number of aromatic nitrogens is 4. The molecule has 0 fully saturated rings. The Morgan fingerprint density at radius 3 is 1.94 bits per heavy atom. The second-order valence-electron chi connectivity index (χ2n) is 3.13. The van der Waals surface area contributed by atoms with Crippen molar-refractivity contribution in [3.63, 3.8) is 0 Å². The molecule has 5 nitrogen and oxygen atoms in total. The Labute approximate surface area is 96.0 Å². The predicted octanol–water partition coefficient (Wildman–Crippen LogP) is 1.51. The first-order chi connectivity index (χ1) is 8.52. The van der Waals surface area contributed by atoms with E-state index in [9.17, 15) is 22.0 Å². The van der Waals surface area contributed by atoms with E-state index in [1.165, 1.54) is 0 Å². The molecule has 2 aromatic rings. The molecular weight excluding hydrogens is 261 g/mol. The zero-order chi connectivity index (χ0) is 13.3. The molecule has 0 radical (unpaired) electrons. The number of tetrazole rings is 1. The molecule has 10 heteroatoms. The van der Waals surface area contributed by atoms with E-state index in [2.05, 4.69) is 20.6 Å². The number of hydrogen-bond acceptors (Lipinski definition) is 4. The van der Waals surface area contributed by atoms with E-state index >= 15 is 0 Å². The molecule has 2 rings (SSSR count). The van der Waals surface area contributed by atoms with Crippen LogP contribution in [0.3, 0.4) is 0 Å². The van der Waals surface area contributed by atoms with Crippen LogP contribution in [0.5, 0.6) is 0 Å². The van der Waals surface area contributed by atoms with Gasteiger partial charge in [0.05, 0.1) is 6.54 Å². The van der Waals surface area contributed by atoms with Crippen LogP contribution in [0.15, 0.2) is 0 Å². The Bertz CT molecular complexity index is 541. The van der Waals surface area contributed by atoms with Crippen LogP contribution in [0.1, 0.15) is 5.82 Å². The largest absolute Gasteiger partial charge is 0.373 e. The molecular formula is C8H4F5N5. The topological polar surface area (TPSA) is 66.5 Å². The van der Waals surface area contributed by atoms with Crippen molar-refractivity contribution >= 4 is 5.69 Å². The van der Waals surface area contributed by atoms with E-state index in [0.717, 1.165) is 0 Å². The third kappa shape index (κ3) is 1.96. The van der Waals surface area contributed by atoms with Gasteiger partial charge in [-0.05, 0) is 0 Å². The molecule has 96 valence electrons. The Hall–Kier alpha value is -2.26. The normalized spacial score (nSPS) is 10.7. The number of halogens is 5. The molecule has 1 aromatic carbocycles. The highest BCUT2D eigenvalue weighted by atomic mass is 19.2. The minimum Gasteiger partial charge on any atom is -0.373 e. The fourth-order valence-corrected chi connectivity index (χ4v) is 1.18. The maximum Gasteiger partial charge on any atom is 0.200 e. The number of nitrogens with one attached hydrogen (secondary N) is 2. The van der Waals surface area contributed by atoms with E-state index in [1.54, 1.807) is 0 Å². The Balaban J connectivity index is 2.33. The van der Waals surface area contributed by atoms with Crippen LogP contribution in [0, 0.1) is 29.1 Å². The first kappa shape index (κ1) is 12.2. The maximum absolute atomic E-state index is 13.2. The van der Waals surface area contributed by atoms with Crippen LogP contribution in [-0.4, -0.2) is 20.6 Å². The summed E-state index contributed by atoms with van der Waals surface area (Å²) in [5, 5.41) is 14.1. The Morgan fingerprint density at radius 2 is 1.44 bits per heavy atom. The van der Waals surface area contributed by atoms with Gasteiger partial charge in [-0.3, -0.25) is 0 Å². The summed E-state index contributed by atoms with van der Waals surface area (Å²) in [6.45, 7) is -0.352. The van der Waals surface area contributed by atoms with Crippen molar-refractivity contribution < 1.29 is 22.0 Å². The minimum absolute atomic E-state index is 0.000980. The summed E-state index contributed by atoms with van der Waals surface area (Å²) in [5.41, 5.74) is -1.14. The third-order valence-electron chi connectivity index (χ3n) is 2.02. The quantitative estimate of drug-likeness (QED) is 0.501. The van der Waals surface area contributed by atoms with Gasteiger partial charge in [0, 0.05) is 0 Å². The van der Waals surface area contributed by atoms with E-state index < -0.39 is 34.8 Å². The smallest absolute Gasteiger partial charge is 0.200 e. The Morgan fingerprint density at radius 1 is 0.889 bits per heavy atom. The second kappa shape index (κ2) is 4.55. The molecule has 1 heterocycles. The fourth-order valence-electron chi connectivity index (χ4n) is 1.18. The van der Waals surface area contributed by atoms with E-state index in [0.29, 0.717) is 0 Å². The summed E-state index contributed by atoms with van der Waals surface area (Å²) in [4.78, 5) is 0. The van der Waals surface area contributed by atoms with Gasteiger partial charge >= 0.3 is 0 Å². The lowest BCUT2D eigenvalue weighted by Gasteiger charge is -2.08. The molecule has 0 bridgehead atoms. The van der Waals surface area contributed by atoms with Crippen molar-refractivity contribution in [2.24, 2.45) is 0 Å². The molecule has 0 aliphatic carbocycles. The summed E-state index contributed by atoms with van der Waals surface area (Å²) in [6.07, 6.45) is 0. The lowest BCUT2D eigenvalue weighted by Crippen LogP contribution is -2.10. The lowest BCUT2D eigenvalue weighted by atomic mass is 10.2. The highest BCUT2D eigenvalue weighted by molar-refractivity contribution is 5.47. The van der Waals surface area contributed by atoms with Gasteiger partial charge in [0.15, 0.2) is 29.1 Å². The summed E-state index contributed by atoms with van der Waals surface area (Å²) < 4.78 is 64.7. The van der Waals surface area contributed by atoms with E-state index in [1.807, 2.05) is 5.32 Å². The molecule has 1 aromatic heterocycles. The Kier molecular flexibility index (Phi) is 3.08. The van der Waals surface area contributed by atoms with Gasteiger partial charge in [0.2, 0.25) is 5.82 Å².